The number of hydrogen-bond donors (Lipinski definition) is 9. The Bertz CT molecular complexity index is 3170. The number of rotatable bonds is 16. The van der Waals surface area contributed by atoms with Gasteiger partial charge in [-0.3, -0.25) is 18.5 Å². The van der Waals surface area contributed by atoms with Gasteiger partial charge in [-0.05, 0) is 47.9 Å². The number of azo groups is 2. The maximum absolute atomic E-state index is 12.8. The minimum atomic E-state index is -5.12. The topological polar surface area (TPSA) is 369 Å². The van der Waals surface area contributed by atoms with Gasteiger partial charge < -0.3 is 35.3 Å². The number of phenols is 2. The molecule has 6 rings (SSSR count). The summed E-state index contributed by atoms with van der Waals surface area (Å²) >= 11 is 0. The number of hydrazine groups is 1. The van der Waals surface area contributed by atoms with Gasteiger partial charge in [-0.15, -0.1) is 20.5 Å². The lowest BCUT2D eigenvalue weighted by Crippen LogP contribution is -2.48. The number of amides is 1. The van der Waals surface area contributed by atoms with Crippen molar-refractivity contribution in [2.75, 3.05) is 38.9 Å². The molecule has 346 valence electrons. The van der Waals surface area contributed by atoms with E-state index >= 15 is 0 Å². The summed E-state index contributed by atoms with van der Waals surface area (Å²) in [5.74, 6) is -2.37. The third-order valence-electron chi connectivity index (χ3n) is 9.40. The van der Waals surface area contributed by atoms with Crippen LogP contribution in [0.1, 0.15) is 20.8 Å². The molecule has 0 bridgehead atoms. The molecule has 0 fully saturated rings. The average molecular weight is 961 g/mol. The van der Waals surface area contributed by atoms with Gasteiger partial charge in [0.15, 0.2) is 5.75 Å². The van der Waals surface area contributed by atoms with E-state index in [-0.39, 0.29) is 58.5 Å². The smallest absolute Gasteiger partial charge is 0.296 e. The summed E-state index contributed by atoms with van der Waals surface area (Å²) in [6.45, 7) is 3.89. The molecule has 0 radical (unpaired) electrons. The van der Waals surface area contributed by atoms with Crippen LogP contribution in [-0.4, -0.2) is 115 Å². The Kier molecular flexibility index (Phi) is 13.5. The van der Waals surface area contributed by atoms with Crippen molar-refractivity contribution >= 4 is 92.0 Å². The van der Waals surface area contributed by atoms with E-state index in [2.05, 4.69) is 36.4 Å². The minimum absolute atomic E-state index is 0.0578. The summed E-state index contributed by atoms with van der Waals surface area (Å²) in [6, 6.07) is 9.92. The first-order chi connectivity index (χ1) is 30.3. The summed E-state index contributed by atoms with van der Waals surface area (Å²) in [5.41, 5.74) is 4.76. The van der Waals surface area contributed by atoms with Crippen LogP contribution in [0.2, 0.25) is 0 Å². The molecule has 65 heavy (non-hydrogen) atoms. The third kappa shape index (κ3) is 10.4. The summed E-state index contributed by atoms with van der Waals surface area (Å²) in [6.07, 6.45) is 0. The standard InChI is InChI=1S/C38H40N8O16S3/c1-38(2,3)36-34(37(51)46(4)45-36)44-39-20-5-6-22-19(13-20)14-31(65(58,59)60)33(35(22)50)43-42-26-18-28(61-11-9-47)25(17-29(26)62-12-10-48)41-40-24-7-8-30(64(55,56)57)23-15-21(63(52,53)54)16-27(49)32(23)24/h5-8,13-18,34,39,44,47-50H,9-12H2,1-4H3,(H,52,53,54)(H,55,56,57)(H,58,59,60). The molecule has 5 aromatic rings. The van der Waals surface area contributed by atoms with Gasteiger partial charge in [0.05, 0.1) is 34.9 Å². The number of nitrogens with one attached hydrogen (secondary N) is 2. The number of anilines is 1. The number of aliphatic hydroxyl groups excluding tert-OH is 2. The lowest BCUT2D eigenvalue weighted by Gasteiger charge is -2.23. The number of phenolic OH excluding ortho intramolecular Hbond substituents is 2. The van der Waals surface area contributed by atoms with Crippen LogP contribution in [0.25, 0.3) is 21.5 Å². The Morgan fingerprint density at radius 2 is 1.31 bits per heavy atom. The number of likely N-dealkylation sites (N-methyl/N-ethyl adjacent to an activating group) is 1. The average Bonchev–Trinajstić information content (AvgIpc) is 3.51. The van der Waals surface area contributed by atoms with Gasteiger partial charge in [-0.25, -0.2) is 10.4 Å². The number of aromatic hydroxyl groups is 2. The first-order valence-corrected chi connectivity index (χ1v) is 23.0. The van der Waals surface area contributed by atoms with Crippen LogP contribution in [-0.2, 0) is 35.1 Å². The van der Waals surface area contributed by atoms with E-state index in [4.69, 9.17) is 9.47 Å². The van der Waals surface area contributed by atoms with Gasteiger partial charge in [0.1, 0.15) is 63.4 Å². The monoisotopic (exact) mass is 960 g/mol. The summed E-state index contributed by atoms with van der Waals surface area (Å²) in [5, 5.41) is 62.1. The Morgan fingerprint density at radius 3 is 1.86 bits per heavy atom. The lowest BCUT2D eigenvalue weighted by molar-refractivity contribution is -0.128. The molecule has 1 amide bonds. The van der Waals surface area contributed by atoms with Crippen molar-refractivity contribution in [1.82, 2.24) is 10.4 Å². The molecular weight excluding hydrogens is 921 g/mol. The molecule has 0 saturated heterocycles. The van der Waals surface area contributed by atoms with E-state index in [1.165, 1.54) is 30.3 Å². The van der Waals surface area contributed by atoms with Crippen molar-refractivity contribution in [3.63, 3.8) is 0 Å². The van der Waals surface area contributed by atoms with Crippen LogP contribution in [0.5, 0.6) is 23.0 Å². The zero-order chi connectivity index (χ0) is 47.8. The third-order valence-corrected chi connectivity index (χ3v) is 12.0. The summed E-state index contributed by atoms with van der Waals surface area (Å²) < 4.78 is 114. The molecule has 1 heterocycles. The molecule has 0 aromatic heterocycles. The van der Waals surface area contributed by atoms with E-state index in [0.29, 0.717) is 23.5 Å². The van der Waals surface area contributed by atoms with E-state index < -0.39 is 97.7 Å². The number of ether oxygens (including phenoxy) is 2. The molecule has 0 saturated carbocycles. The van der Waals surface area contributed by atoms with Gasteiger partial charge in [0, 0.05) is 47.1 Å². The van der Waals surface area contributed by atoms with Crippen molar-refractivity contribution < 1.29 is 73.6 Å². The predicted octanol–water partition coefficient (Wildman–Crippen LogP) is 4.88. The normalized spacial score (nSPS) is 15.2. The molecule has 1 aliphatic heterocycles. The van der Waals surface area contributed by atoms with Gasteiger partial charge >= 0.3 is 0 Å². The number of benzene rings is 5. The first kappa shape index (κ1) is 48.0. The van der Waals surface area contributed by atoms with Gasteiger partial charge in [-0.2, -0.15) is 30.4 Å². The molecule has 1 atom stereocenters. The van der Waals surface area contributed by atoms with Gasteiger partial charge in [-0.1, -0.05) is 20.8 Å². The summed E-state index contributed by atoms with van der Waals surface area (Å²) in [7, 11) is -13.6. The number of hydrogen-bond acceptors (Lipinski definition) is 20. The molecule has 24 nitrogen and oxygen atoms in total. The fourth-order valence-corrected chi connectivity index (χ4v) is 8.33. The second-order valence-electron chi connectivity index (χ2n) is 15.0. The van der Waals surface area contributed by atoms with E-state index in [1.807, 2.05) is 20.8 Å². The van der Waals surface area contributed by atoms with Crippen LogP contribution < -0.4 is 20.3 Å². The highest BCUT2D eigenvalue weighted by Gasteiger charge is 2.40. The van der Waals surface area contributed by atoms with Crippen LogP contribution >= 0.6 is 0 Å². The number of carbonyl (C=O) groups excluding carboxylic acids is 1. The predicted molar refractivity (Wildman–Crippen MR) is 231 cm³/mol. The Balaban J connectivity index is 1.41. The highest BCUT2D eigenvalue weighted by Crippen LogP contribution is 2.46. The number of nitrogens with zero attached hydrogens (tertiary/aromatic N) is 6. The number of carbonyl (C=O) groups is 1. The van der Waals surface area contributed by atoms with Crippen LogP contribution in [0, 0.1) is 5.41 Å². The molecular formula is C38H40N8O16S3. The van der Waals surface area contributed by atoms with Crippen molar-refractivity contribution in [3.05, 3.63) is 60.7 Å². The number of hydrazone groups is 1. The van der Waals surface area contributed by atoms with Crippen LogP contribution in [0.4, 0.5) is 28.4 Å². The van der Waals surface area contributed by atoms with E-state index in [0.717, 1.165) is 30.3 Å². The first-order valence-electron chi connectivity index (χ1n) is 18.7. The maximum Gasteiger partial charge on any atom is 0.296 e. The summed E-state index contributed by atoms with van der Waals surface area (Å²) in [4.78, 5) is 10.2. The van der Waals surface area contributed by atoms with Crippen molar-refractivity contribution in [2.45, 2.75) is 41.5 Å². The molecule has 27 heteroatoms. The van der Waals surface area contributed by atoms with Crippen molar-refractivity contribution in [2.24, 2.45) is 31.0 Å². The second kappa shape index (κ2) is 18.2. The van der Waals surface area contributed by atoms with Crippen molar-refractivity contribution in [3.8, 4) is 23.0 Å². The second-order valence-corrected chi connectivity index (χ2v) is 19.2. The Labute approximate surface area is 369 Å². The Hall–Kier alpha value is -6.43. The quantitative estimate of drug-likeness (QED) is 0.0361. The van der Waals surface area contributed by atoms with E-state index in [9.17, 15) is 64.1 Å². The fraction of sp³-hybridized carbons (Fsp3) is 0.263. The zero-order valence-electron chi connectivity index (χ0n) is 34.4. The highest BCUT2D eigenvalue weighted by molar-refractivity contribution is 7.86. The number of aliphatic hydroxyl groups is 2. The van der Waals surface area contributed by atoms with E-state index in [1.54, 1.807) is 0 Å². The molecule has 1 aliphatic rings. The fourth-order valence-electron chi connectivity index (χ4n) is 6.46. The van der Waals surface area contributed by atoms with Crippen LogP contribution in [0.15, 0.2) is 101 Å². The molecule has 1 unspecified atom stereocenters. The molecule has 0 spiro atoms. The van der Waals surface area contributed by atoms with Crippen molar-refractivity contribution in [1.29, 1.82) is 0 Å². The lowest BCUT2D eigenvalue weighted by atomic mass is 9.86. The zero-order valence-corrected chi connectivity index (χ0v) is 36.8. The number of fused-ring (bicyclic) bond motifs is 2. The maximum atomic E-state index is 12.8. The Morgan fingerprint density at radius 1 is 0.723 bits per heavy atom. The molecule has 0 aliphatic carbocycles. The molecule has 9 N–H and O–H groups in total. The SMILES string of the molecule is CN1N=C(C(C)(C)C)C(NNc2ccc3c(O)c(N=Nc4cc(OCCO)c(N=Nc5ccc(S(=O)(=O)O)c6cc(S(=O)(=O)O)cc(O)c56)cc4OCCO)c(S(=O)(=O)O)cc3c2)C1=O. The van der Waals surface area contributed by atoms with Gasteiger partial charge in [0.25, 0.3) is 36.3 Å². The largest absolute Gasteiger partial charge is 0.507 e. The van der Waals surface area contributed by atoms with Gasteiger partial charge in [0.2, 0.25) is 0 Å². The highest BCUT2D eigenvalue weighted by atomic mass is 32.2. The molecule has 5 aromatic carbocycles. The van der Waals surface area contributed by atoms with Crippen LogP contribution in [0.3, 0.4) is 0 Å². The minimum Gasteiger partial charge on any atom is -0.507 e.